The number of nitrogens with zero attached hydrogens (tertiary/aromatic N) is 4. The number of thiazole rings is 1. The highest BCUT2D eigenvalue weighted by molar-refractivity contribution is 7.22. The predicted octanol–water partition coefficient (Wildman–Crippen LogP) is 3.82. The SMILES string of the molecule is CC/C(C)=N\Nc1nc2c(N3CCN(C(C)=O)CC3)c(Cl)ccc2s1. The van der Waals surface area contributed by atoms with E-state index >= 15 is 0 Å². The van der Waals surface area contributed by atoms with Crippen molar-refractivity contribution >= 4 is 55.6 Å². The first-order chi connectivity index (χ1) is 12.0. The Labute approximate surface area is 156 Å². The molecule has 1 aliphatic heterocycles. The molecule has 2 aromatic rings. The monoisotopic (exact) mass is 379 g/mol. The second-order valence-corrected chi connectivity index (χ2v) is 7.51. The molecule has 0 unspecified atom stereocenters. The highest BCUT2D eigenvalue weighted by Crippen LogP contribution is 2.38. The Hall–Kier alpha value is -1.86. The molecule has 8 heteroatoms. The van der Waals surface area contributed by atoms with Crippen LogP contribution in [0.2, 0.25) is 5.02 Å². The Bertz CT molecular complexity index is 811. The molecule has 1 saturated heterocycles. The lowest BCUT2D eigenvalue weighted by Gasteiger charge is -2.36. The fourth-order valence-corrected chi connectivity index (χ4v) is 3.85. The zero-order valence-corrected chi connectivity index (χ0v) is 16.2. The second-order valence-electron chi connectivity index (χ2n) is 6.07. The van der Waals surface area contributed by atoms with Crippen LogP contribution in [-0.2, 0) is 4.79 Å². The van der Waals surface area contributed by atoms with Crippen LogP contribution in [0.25, 0.3) is 10.2 Å². The Balaban J connectivity index is 1.88. The van der Waals surface area contributed by atoms with Crippen molar-refractivity contribution in [2.24, 2.45) is 5.10 Å². The first-order valence-electron chi connectivity index (χ1n) is 8.38. The average Bonchev–Trinajstić information content (AvgIpc) is 3.02. The molecule has 0 atom stereocenters. The van der Waals surface area contributed by atoms with Gasteiger partial charge < -0.3 is 9.80 Å². The van der Waals surface area contributed by atoms with Crippen molar-refractivity contribution in [3.05, 3.63) is 17.2 Å². The minimum absolute atomic E-state index is 0.119. The average molecular weight is 380 g/mol. The van der Waals surface area contributed by atoms with Crippen LogP contribution in [0.15, 0.2) is 17.2 Å². The lowest BCUT2D eigenvalue weighted by atomic mass is 10.2. The summed E-state index contributed by atoms with van der Waals surface area (Å²) in [6.07, 6.45) is 0.898. The highest BCUT2D eigenvalue weighted by atomic mass is 35.5. The van der Waals surface area contributed by atoms with Gasteiger partial charge in [-0.3, -0.25) is 10.2 Å². The molecule has 3 rings (SSSR count). The molecule has 1 aliphatic rings. The van der Waals surface area contributed by atoms with E-state index in [0.29, 0.717) is 18.1 Å². The molecule has 134 valence electrons. The van der Waals surface area contributed by atoms with Gasteiger partial charge in [0.15, 0.2) is 0 Å². The van der Waals surface area contributed by atoms with Crippen LogP contribution in [0, 0.1) is 0 Å². The molecule has 0 aliphatic carbocycles. The maximum absolute atomic E-state index is 11.5. The fourth-order valence-electron chi connectivity index (χ4n) is 2.77. The van der Waals surface area contributed by atoms with Crippen molar-refractivity contribution in [3.63, 3.8) is 0 Å². The highest BCUT2D eigenvalue weighted by Gasteiger charge is 2.23. The van der Waals surface area contributed by atoms with E-state index < -0.39 is 0 Å². The molecule has 0 bridgehead atoms. The largest absolute Gasteiger partial charge is 0.365 e. The number of hydrogen-bond acceptors (Lipinski definition) is 6. The first kappa shape index (κ1) is 17.9. The predicted molar refractivity (Wildman–Crippen MR) is 106 cm³/mol. The van der Waals surface area contributed by atoms with Crippen LogP contribution in [0.4, 0.5) is 10.8 Å². The van der Waals surface area contributed by atoms with Gasteiger partial charge in [0.2, 0.25) is 11.0 Å². The van der Waals surface area contributed by atoms with E-state index in [1.54, 1.807) is 18.3 Å². The number of nitrogens with one attached hydrogen (secondary N) is 1. The Kier molecular flexibility index (Phi) is 5.44. The van der Waals surface area contributed by atoms with E-state index in [2.05, 4.69) is 22.4 Å². The van der Waals surface area contributed by atoms with E-state index in [-0.39, 0.29) is 5.91 Å². The maximum atomic E-state index is 11.5. The van der Waals surface area contributed by atoms with Crippen LogP contribution < -0.4 is 10.3 Å². The number of benzene rings is 1. The number of carbonyl (C=O) groups is 1. The van der Waals surface area contributed by atoms with Gasteiger partial charge in [0, 0.05) is 38.8 Å². The summed E-state index contributed by atoms with van der Waals surface area (Å²) < 4.78 is 1.07. The van der Waals surface area contributed by atoms with E-state index in [9.17, 15) is 4.79 Å². The number of hydrazone groups is 1. The molecular formula is C17H22ClN5OS. The molecule has 1 amide bonds. The number of carbonyl (C=O) groups excluding carboxylic acids is 1. The number of fused-ring (bicyclic) bond motifs is 1. The molecule has 6 nitrogen and oxygen atoms in total. The van der Waals surface area contributed by atoms with Gasteiger partial charge in [0.1, 0.15) is 5.52 Å². The Morgan fingerprint density at radius 3 is 2.68 bits per heavy atom. The van der Waals surface area contributed by atoms with Crippen LogP contribution >= 0.6 is 22.9 Å². The normalized spacial score (nSPS) is 15.8. The first-order valence-corrected chi connectivity index (χ1v) is 9.57. The summed E-state index contributed by atoms with van der Waals surface area (Å²) in [7, 11) is 0. The zero-order valence-electron chi connectivity index (χ0n) is 14.7. The summed E-state index contributed by atoms with van der Waals surface area (Å²) in [4.78, 5) is 20.3. The molecule has 25 heavy (non-hydrogen) atoms. The standard InChI is InChI=1S/C17H22ClN5OS/c1-4-11(2)20-21-17-19-15-14(25-17)6-5-13(18)16(15)23-9-7-22(8-10-23)12(3)24/h5-6H,4,7-10H2,1-3H3,(H,19,21)/b20-11-. The number of rotatable bonds is 4. The Morgan fingerprint density at radius 2 is 2.04 bits per heavy atom. The van der Waals surface area contributed by atoms with Gasteiger partial charge in [-0.25, -0.2) is 4.98 Å². The number of amides is 1. The van der Waals surface area contributed by atoms with Crippen LogP contribution in [0.1, 0.15) is 27.2 Å². The van der Waals surface area contributed by atoms with Crippen molar-refractivity contribution in [2.75, 3.05) is 36.5 Å². The van der Waals surface area contributed by atoms with Crippen molar-refractivity contribution in [2.45, 2.75) is 27.2 Å². The molecule has 0 spiro atoms. The smallest absolute Gasteiger partial charge is 0.219 e. The third kappa shape index (κ3) is 3.88. The van der Waals surface area contributed by atoms with E-state index in [0.717, 1.165) is 46.3 Å². The fraction of sp³-hybridized carbons (Fsp3) is 0.471. The van der Waals surface area contributed by atoms with Crippen LogP contribution in [0.3, 0.4) is 0 Å². The van der Waals surface area contributed by atoms with Gasteiger partial charge in [0.05, 0.1) is 15.4 Å². The number of halogens is 1. The minimum Gasteiger partial charge on any atom is -0.365 e. The van der Waals surface area contributed by atoms with Gasteiger partial charge in [-0.15, -0.1) is 0 Å². The van der Waals surface area contributed by atoms with Gasteiger partial charge in [-0.05, 0) is 25.5 Å². The molecular weight excluding hydrogens is 358 g/mol. The molecule has 2 heterocycles. The third-order valence-corrected chi connectivity index (χ3v) is 5.61. The summed E-state index contributed by atoms with van der Waals surface area (Å²) in [6, 6.07) is 3.91. The molecule has 0 saturated carbocycles. The topological polar surface area (TPSA) is 60.8 Å². The molecule has 1 aromatic heterocycles. The van der Waals surface area contributed by atoms with Crippen molar-refractivity contribution in [1.82, 2.24) is 9.88 Å². The quantitative estimate of drug-likeness (QED) is 0.648. The summed E-state index contributed by atoms with van der Waals surface area (Å²) in [5.41, 5.74) is 5.90. The number of hydrogen-bond donors (Lipinski definition) is 1. The summed E-state index contributed by atoms with van der Waals surface area (Å²) in [5.74, 6) is 0.119. The van der Waals surface area contributed by atoms with E-state index in [1.807, 2.05) is 24.0 Å². The molecule has 0 radical (unpaired) electrons. The summed E-state index contributed by atoms with van der Waals surface area (Å²) in [6.45, 7) is 8.58. The number of anilines is 2. The van der Waals surface area contributed by atoms with E-state index in [4.69, 9.17) is 16.6 Å². The number of aromatic nitrogens is 1. The Morgan fingerprint density at radius 1 is 1.32 bits per heavy atom. The van der Waals surface area contributed by atoms with Crippen molar-refractivity contribution < 1.29 is 4.79 Å². The van der Waals surface area contributed by atoms with E-state index in [1.165, 1.54) is 0 Å². The second kappa shape index (κ2) is 7.58. The zero-order chi connectivity index (χ0) is 18.0. The number of piperazine rings is 1. The maximum Gasteiger partial charge on any atom is 0.219 e. The van der Waals surface area contributed by atoms with Crippen LogP contribution in [-0.4, -0.2) is 47.7 Å². The van der Waals surface area contributed by atoms with Crippen LogP contribution in [0.5, 0.6) is 0 Å². The van der Waals surface area contributed by atoms with Gasteiger partial charge in [0.25, 0.3) is 0 Å². The summed E-state index contributed by atoms with van der Waals surface area (Å²) >= 11 is 8.05. The molecule has 1 fully saturated rings. The van der Waals surface area contributed by atoms with Crippen molar-refractivity contribution in [1.29, 1.82) is 0 Å². The summed E-state index contributed by atoms with van der Waals surface area (Å²) in [5, 5.41) is 5.77. The van der Waals surface area contributed by atoms with Gasteiger partial charge >= 0.3 is 0 Å². The molecule has 1 aromatic carbocycles. The van der Waals surface area contributed by atoms with Crippen molar-refractivity contribution in [3.8, 4) is 0 Å². The lowest BCUT2D eigenvalue weighted by Crippen LogP contribution is -2.48. The van der Waals surface area contributed by atoms with Gasteiger partial charge in [-0.1, -0.05) is 29.9 Å². The molecule has 1 N–H and O–H groups in total. The van der Waals surface area contributed by atoms with Gasteiger partial charge in [-0.2, -0.15) is 5.10 Å². The lowest BCUT2D eigenvalue weighted by molar-refractivity contribution is -0.129. The third-order valence-electron chi connectivity index (χ3n) is 4.38. The minimum atomic E-state index is 0.119.